The number of piperidine rings is 1. The number of likely N-dealkylation sites (tertiary alicyclic amines) is 1. The van der Waals surface area contributed by atoms with Crippen LogP contribution < -0.4 is 5.56 Å². The summed E-state index contributed by atoms with van der Waals surface area (Å²) in [6, 6.07) is 9.03. The molecule has 2 fully saturated rings. The Hall–Kier alpha value is -1.67. The Bertz CT molecular complexity index is 982. The summed E-state index contributed by atoms with van der Waals surface area (Å²) in [7, 11) is 0. The maximum atomic E-state index is 13.7. The van der Waals surface area contributed by atoms with E-state index in [9.17, 15) is 9.59 Å². The van der Waals surface area contributed by atoms with Crippen molar-refractivity contribution >= 4 is 28.8 Å². The molecule has 30 heavy (non-hydrogen) atoms. The van der Waals surface area contributed by atoms with Gasteiger partial charge >= 0.3 is 0 Å². The number of carbonyl (C=O) groups excluding carboxylic acids is 1. The van der Waals surface area contributed by atoms with Gasteiger partial charge in [-0.15, -0.1) is 11.3 Å². The van der Waals surface area contributed by atoms with Crippen LogP contribution in [0, 0.1) is 5.92 Å². The van der Waals surface area contributed by atoms with Gasteiger partial charge in [-0.1, -0.05) is 17.7 Å². The van der Waals surface area contributed by atoms with E-state index in [0.717, 1.165) is 42.5 Å². The number of ether oxygens (including phenoxy) is 1. The average Bonchev–Trinajstić information content (AvgIpc) is 2.97. The van der Waals surface area contributed by atoms with E-state index in [-0.39, 0.29) is 23.3 Å². The first kappa shape index (κ1) is 20.2. The fourth-order valence-electron chi connectivity index (χ4n) is 5.29. The van der Waals surface area contributed by atoms with Crippen LogP contribution in [0.4, 0.5) is 0 Å². The van der Waals surface area contributed by atoms with Crippen molar-refractivity contribution < 1.29 is 9.53 Å². The topological polar surface area (TPSA) is 54.8 Å². The van der Waals surface area contributed by atoms with Crippen molar-refractivity contribution in [2.75, 3.05) is 39.4 Å². The number of hydrogen-bond donors (Lipinski definition) is 0. The number of thiophene rings is 1. The molecule has 3 aliphatic heterocycles. The zero-order valence-electron chi connectivity index (χ0n) is 16.8. The molecule has 2 bridgehead atoms. The number of pyridine rings is 1. The Labute approximate surface area is 185 Å². The number of amides is 1. The van der Waals surface area contributed by atoms with E-state index in [1.54, 1.807) is 22.0 Å². The first-order valence-corrected chi connectivity index (χ1v) is 11.8. The highest BCUT2D eigenvalue weighted by Crippen LogP contribution is 2.42. The minimum Gasteiger partial charge on any atom is -0.380 e. The predicted molar refractivity (Wildman–Crippen MR) is 117 cm³/mol. The van der Waals surface area contributed by atoms with Gasteiger partial charge in [-0.2, -0.15) is 0 Å². The highest BCUT2D eigenvalue weighted by atomic mass is 35.5. The molecule has 1 amide bonds. The van der Waals surface area contributed by atoms with Crippen molar-refractivity contribution in [3.8, 4) is 0 Å². The molecule has 2 aromatic heterocycles. The smallest absolute Gasteiger partial charge is 0.251 e. The largest absolute Gasteiger partial charge is 0.380 e. The molecule has 5 rings (SSSR count). The summed E-state index contributed by atoms with van der Waals surface area (Å²) in [5, 5.41) is 0. The van der Waals surface area contributed by atoms with Gasteiger partial charge in [0.15, 0.2) is 0 Å². The Morgan fingerprint density at radius 1 is 1.17 bits per heavy atom. The molecule has 3 aliphatic rings. The van der Waals surface area contributed by atoms with Crippen LogP contribution in [0.25, 0.3) is 0 Å². The minimum absolute atomic E-state index is 0.0647. The summed E-state index contributed by atoms with van der Waals surface area (Å²) in [4.78, 5) is 32.1. The number of fused-ring (bicyclic) bond motifs is 4. The molecule has 0 spiro atoms. The summed E-state index contributed by atoms with van der Waals surface area (Å²) >= 11 is 7.73. The number of halogens is 1. The Morgan fingerprint density at radius 3 is 2.90 bits per heavy atom. The van der Waals surface area contributed by atoms with Crippen LogP contribution in [0.15, 0.2) is 35.1 Å². The van der Waals surface area contributed by atoms with Gasteiger partial charge < -0.3 is 9.64 Å². The fourth-order valence-corrected chi connectivity index (χ4v) is 6.42. The van der Waals surface area contributed by atoms with Crippen molar-refractivity contribution in [3.05, 3.63) is 55.6 Å². The van der Waals surface area contributed by atoms with E-state index >= 15 is 0 Å². The molecule has 0 radical (unpaired) electrons. The molecular weight excluding hydrogens is 422 g/mol. The quantitative estimate of drug-likeness (QED) is 0.725. The lowest BCUT2D eigenvalue weighted by Gasteiger charge is -2.47. The van der Waals surface area contributed by atoms with Gasteiger partial charge in [0.2, 0.25) is 5.91 Å². The molecule has 0 aromatic carbocycles. The Kier molecular flexibility index (Phi) is 5.71. The van der Waals surface area contributed by atoms with E-state index in [2.05, 4.69) is 11.0 Å². The van der Waals surface area contributed by atoms with Crippen molar-refractivity contribution in [3.63, 3.8) is 0 Å². The van der Waals surface area contributed by atoms with Crippen molar-refractivity contribution in [1.82, 2.24) is 14.4 Å². The normalized spacial score (nSPS) is 26.8. The second kappa shape index (κ2) is 8.46. The van der Waals surface area contributed by atoms with E-state index in [0.29, 0.717) is 26.3 Å². The van der Waals surface area contributed by atoms with Crippen LogP contribution in [-0.2, 0) is 16.1 Å². The predicted octanol–water partition coefficient (Wildman–Crippen LogP) is 2.97. The Balaban J connectivity index is 1.47. The zero-order chi connectivity index (χ0) is 20.7. The SMILES string of the molecule is O=C([C@H]1[C@H]2C[C@H](CN(Cc3ccc(Cl)s3)C2)c2cccc(=O)n21)N1CCCOCC1. The molecule has 0 N–H and O–H groups in total. The summed E-state index contributed by atoms with van der Waals surface area (Å²) in [6.07, 6.45) is 1.79. The van der Waals surface area contributed by atoms with Gasteiger partial charge in [-0.25, -0.2) is 0 Å². The Morgan fingerprint density at radius 2 is 2.07 bits per heavy atom. The third kappa shape index (κ3) is 3.84. The second-order valence-corrected chi connectivity index (χ2v) is 10.3. The monoisotopic (exact) mass is 447 g/mol. The molecule has 0 unspecified atom stereocenters. The number of aromatic nitrogens is 1. The van der Waals surface area contributed by atoms with Crippen molar-refractivity contribution in [2.45, 2.75) is 31.3 Å². The minimum atomic E-state index is -0.433. The van der Waals surface area contributed by atoms with Gasteiger partial charge in [-0.05, 0) is 31.0 Å². The summed E-state index contributed by atoms with van der Waals surface area (Å²) < 4.78 is 8.14. The summed E-state index contributed by atoms with van der Waals surface area (Å²) in [5.41, 5.74) is 0.933. The van der Waals surface area contributed by atoms with Crippen molar-refractivity contribution in [1.29, 1.82) is 0 Å². The van der Waals surface area contributed by atoms with Gasteiger partial charge in [0, 0.05) is 67.8 Å². The van der Waals surface area contributed by atoms with Crippen molar-refractivity contribution in [2.24, 2.45) is 5.92 Å². The number of rotatable bonds is 3. The highest BCUT2D eigenvalue weighted by Gasteiger charge is 2.44. The molecule has 0 aliphatic carbocycles. The maximum absolute atomic E-state index is 13.7. The number of hydrogen-bond acceptors (Lipinski definition) is 5. The van der Waals surface area contributed by atoms with E-state index in [1.165, 1.54) is 4.88 Å². The molecule has 3 atom stereocenters. The lowest BCUT2D eigenvalue weighted by Crippen LogP contribution is -2.54. The van der Waals surface area contributed by atoms with E-state index in [1.807, 2.05) is 23.1 Å². The van der Waals surface area contributed by atoms with Crippen LogP contribution in [0.1, 0.15) is 35.4 Å². The van der Waals surface area contributed by atoms with Crippen LogP contribution in [0.2, 0.25) is 4.34 Å². The molecule has 0 saturated carbocycles. The molecule has 2 saturated heterocycles. The standard InChI is InChI=1S/C22H26ClN3O3S/c23-19-6-5-17(30-19)14-24-12-15-11-16(13-24)21(26-18(15)3-1-4-20(26)27)22(28)25-7-2-9-29-10-8-25/h1,3-6,15-16,21H,2,7-14H2/t15-,16+,21-/m1/s1. The zero-order valence-corrected chi connectivity index (χ0v) is 18.4. The van der Waals surface area contributed by atoms with Crippen LogP contribution >= 0.6 is 22.9 Å². The first-order chi connectivity index (χ1) is 14.6. The lowest BCUT2D eigenvalue weighted by molar-refractivity contribution is -0.138. The lowest BCUT2D eigenvalue weighted by atomic mass is 9.78. The molecule has 5 heterocycles. The third-order valence-corrected chi connectivity index (χ3v) is 7.73. The maximum Gasteiger partial charge on any atom is 0.251 e. The molecule has 6 nitrogen and oxygen atoms in total. The second-order valence-electron chi connectivity index (χ2n) is 8.49. The van der Waals surface area contributed by atoms with E-state index in [4.69, 9.17) is 16.3 Å². The van der Waals surface area contributed by atoms with Gasteiger partial charge in [0.05, 0.1) is 10.9 Å². The summed E-state index contributed by atoms with van der Waals surface area (Å²) in [6.45, 7) is 5.09. The first-order valence-electron chi connectivity index (χ1n) is 10.6. The summed E-state index contributed by atoms with van der Waals surface area (Å²) in [5.74, 6) is 0.465. The van der Waals surface area contributed by atoms with E-state index < -0.39 is 6.04 Å². The third-order valence-electron chi connectivity index (χ3n) is 6.52. The van der Waals surface area contributed by atoms with Gasteiger partial charge in [0.25, 0.3) is 5.56 Å². The average molecular weight is 448 g/mol. The molecule has 160 valence electrons. The molecule has 8 heteroatoms. The number of carbonyl (C=O) groups is 1. The fraction of sp³-hybridized carbons (Fsp3) is 0.545. The van der Waals surface area contributed by atoms with Crippen LogP contribution in [0.3, 0.4) is 0 Å². The van der Waals surface area contributed by atoms with Crippen LogP contribution in [0.5, 0.6) is 0 Å². The number of nitrogens with zero attached hydrogens (tertiary/aromatic N) is 3. The highest BCUT2D eigenvalue weighted by molar-refractivity contribution is 7.16. The van der Waals surface area contributed by atoms with Gasteiger partial charge in [0.1, 0.15) is 6.04 Å². The molecular formula is C22H26ClN3O3S. The van der Waals surface area contributed by atoms with Gasteiger partial charge in [-0.3, -0.25) is 19.1 Å². The van der Waals surface area contributed by atoms with Crippen LogP contribution in [-0.4, -0.2) is 59.7 Å². The molecule has 2 aromatic rings.